The van der Waals surface area contributed by atoms with Gasteiger partial charge in [0, 0.05) is 18.2 Å². The highest BCUT2D eigenvalue weighted by atomic mass is 32.2. The van der Waals surface area contributed by atoms with Crippen molar-refractivity contribution in [2.75, 3.05) is 6.61 Å². The zero-order chi connectivity index (χ0) is 15.3. The predicted molar refractivity (Wildman–Crippen MR) is 73.7 cm³/mol. The molecule has 2 N–H and O–H groups in total. The van der Waals surface area contributed by atoms with Crippen LogP contribution >= 0.6 is 0 Å². The number of sulfonamides is 1. The van der Waals surface area contributed by atoms with Crippen LogP contribution in [0, 0.1) is 16.0 Å². The van der Waals surface area contributed by atoms with Crippen LogP contribution in [0.15, 0.2) is 29.2 Å². The van der Waals surface area contributed by atoms with Gasteiger partial charge in [-0.15, -0.1) is 0 Å². The Labute approximate surface area is 117 Å². The number of hydrogen-bond acceptors (Lipinski definition) is 5. The van der Waals surface area contributed by atoms with Crippen molar-refractivity contribution in [2.45, 2.75) is 31.2 Å². The predicted octanol–water partition coefficient (Wildman–Crippen LogP) is 1.28. The second-order valence-electron chi connectivity index (χ2n) is 4.88. The van der Waals surface area contributed by atoms with Crippen LogP contribution in [-0.4, -0.2) is 31.1 Å². The number of nitrogens with zero attached hydrogens (tertiary/aromatic N) is 1. The Balaban J connectivity index is 2.90. The Morgan fingerprint density at radius 1 is 1.30 bits per heavy atom. The molecule has 0 fully saturated rings. The summed E-state index contributed by atoms with van der Waals surface area (Å²) < 4.78 is 26.5. The highest BCUT2D eigenvalue weighted by Crippen LogP contribution is 2.16. The molecule has 0 radical (unpaired) electrons. The van der Waals surface area contributed by atoms with E-state index in [9.17, 15) is 23.6 Å². The number of rotatable bonds is 7. The van der Waals surface area contributed by atoms with Crippen molar-refractivity contribution in [2.24, 2.45) is 5.92 Å². The summed E-state index contributed by atoms with van der Waals surface area (Å²) in [6, 6.07) is 4.03. The van der Waals surface area contributed by atoms with Crippen LogP contribution in [0.1, 0.15) is 20.3 Å². The molecule has 112 valence electrons. The first-order chi connectivity index (χ1) is 9.26. The van der Waals surface area contributed by atoms with Crippen LogP contribution < -0.4 is 4.72 Å². The van der Waals surface area contributed by atoms with Crippen LogP contribution in [-0.2, 0) is 10.0 Å². The third-order valence-corrected chi connectivity index (χ3v) is 4.19. The lowest BCUT2D eigenvalue weighted by Crippen LogP contribution is -2.38. The minimum Gasteiger partial charge on any atom is -0.395 e. The van der Waals surface area contributed by atoms with E-state index in [4.69, 9.17) is 0 Å². The molecular formula is C12H18N2O5S. The summed E-state index contributed by atoms with van der Waals surface area (Å²) in [5.74, 6) is 0.228. The lowest BCUT2D eigenvalue weighted by Gasteiger charge is -2.18. The summed E-state index contributed by atoms with van der Waals surface area (Å²) >= 11 is 0. The van der Waals surface area contributed by atoms with Gasteiger partial charge in [-0.25, -0.2) is 13.1 Å². The highest BCUT2D eigenvalue weighted by Gasteiger charge is 2.21. The Morgan fingerprint density at radius 3 is 2.25 bits per heavy atom. The summed E-state index contributed by atoms with van der Waals surface area (Å²) in [6.07, 6.45) is 0.503. The molecule has 0 spiro atoms. The van der Waals surface area contributed by atoms with Crippen LogP contribution in [0.25, 0.3) is 0 Å². The molecule has 0 saturated carbocycles. The van der Waals surface area contributed by atoms with Gasteiger partial charge in [0.25, 0.3) is 5.69 Å². The van der Waals surface area contributed by atoms with E-state index < -0.39 is 21.0 Å². The number of aliphatic hydroxyl groups is 1. The van der Waals surface area contributed by atoms with Crippen molar-refractivity contribution in [3.63, 3.8) is 0 Å². The van der Waals surface area contributed by atoms with Gasteiger partial charge in [0.2, 0.25) is 10.0 Å². The largest absolute Gasteiger partial charge is 0.395 e. The van der Waals surface area contributed by atoms with E-state index in [2.05, 4.69) is 4.72 Å². The first-order valence-electron chi connectivity index (χ1n) is 6.14. The zero-order valence-corrected chi connectivity index (χ0v) is 12.1. The fourth-order valence-electron chi connectivity index (χ4n) is 1.76. The Morgan fingerprint density at radius 2 is 1.85 bits per heavy atom. The van der Waals surface area contributed by atoms with Crippen LogP contribution in [0.4, 0.5) is 5.69 Å². The molecular weight excluding hydrogens is 284 g/mol. The fourth-order valence-corrected chi connectivity index (χ4v) is 3.00. The number of hydrogen-bond donors (Lipinski definition) is 2. The van der Waals surface area contributed by atoms with Crippen molar-refractivity contribution in [3.05, 3.63) is 34.4 Å². The summed E-state index contributed by atoms with van der Waals surface area (Å²) in [5.41, 5.74) is -0.176. The maximum absolute atomic E-state index is 12.1. The standard InChI is InChI=1S/C12H18N2O5S/c1-9(2)7-10(8-15)13-20(18,19)12-5-3-11(4-6-12)14(16)17/h3-6,9-10,13,15H,7-8H2,1-2H3. The monoisotopic (exact) mass is 302 g/mol. The molecule has 7 nitrogen and oxygen atoms in total. The van der Waals surface area contributed by atoms with Crippen molar-refractivity contribution in [1.82, 2.24) is 4.72 Å². The molecule has 1 unspecified atom stereocenters. The summed E-state index contributed by atoms with van der Waals surface area (Å²) in [7, 11) is -3.79. The normalized spacial score (nSPS) is 13.4. The third-order valence-electron chi connectivity index (χ3n) is 2.66. The van der Waals surface area contributed by atoms with Crippen LogP contribution in [0.2, 0.25) is 0 Å². The van der Waals surface area contributed by atoms with Crippen molar-refractivity contribution in [3.8, 4) is 0 Å². The fraction of sp³-hybridized carbons (Fsp3) is 0.500. The molecule has 0 aromatic heterocycles. The molecule has 1 rings (SSSR count). The molecule has 0 aliphatic rings. The SMILES string of the molecule is CC(C)CC(CO)NS(=O)(=O)c1ccc([N+](=O)[O-])cc1. The van der Waals surface area contributed by atoms with Gasteiger partial charge in [0.1, 0.15) is 0 Å². The van der Waals surface area contributed by atoms with Gasteiger partial charge in [0.05, 0.1) is 16.4 Å². The molecule has 1 aromatic carbocycles. The minimum atomic E-state index is -3.79. The second-order valence-corrected chi connectivity index (χ2v) is 6.60. The van der Waals surface area contributed by atoms with E-state index in [-0.39, 0.29) is 23.1 Å². The number of non-ortho nitro benzene ring substituents is 1. The Hall–Kier alpha value is -1.51. The van der Waals surface area contributed by atoms with Gasteiger partial charge >= 0.3 is 0 Å². The number of nitrogens with one attached hydrogen (secondary N) is 1. The Bertz CT molecular complexity index is 554. The molecule has 0 amide bonds. The number of aliphatic hydroxyl groups excluding tert-OH is 1. The maximum atomic E-state index is 12.1. The van der Waals surface area contributed by atoms with Crippen molar-refractivity contribution in [1.29, 1.82) is 0 Å². The van der Waals surface area contributed by atoms with E-state index >= 15 is 0 Å². The Kier molecular flexibility index (Phi) is 5.61. The van der Waals surface area contributed by atoms with E-state index in [0.29, 0.717) is 6.42 Å². The lowest BCUT2D eigenvalue weighted by molar-refractivity contribution is -0.384. The summed E-state index contributed by atoms with van der Waals surface area (Å²) in [6.45, 7) is 3.54. The minimum absolute atomic E-state index is 0.0645. The molecule has 1 aromatic rings. The molecule has 8 heteroatoms. The first kappa shape index (κ1) is 16.5. The maximum Gasteiger partial charge on any atom is 0.269 e. The third kappa shape index (κ3) is 4.55. The van der Waals surface area contributed by atoms with E-state index in [0.717, 1.165) is 12.1 Å². The molecule has 0 saturated heterocycles. The topological polar surface area (TPSA) is 110 Å². The van der Waals surface area contributed by atoms with E-state index in [1.165, 1.54) is 12.1 Å². The van der Waals surface area contributed by atoms with Gasteiger partial charge in [-0.2, -0.15) is 0 Å². The van der Waals surface area contributed by atoms with Crippen LogP contribution in [0.5, 0.6) is 0 Å². The highest BCUT2D eigenvalue weighted by molar-refractivity contribution is 7.89. The number of benzene rings is 1. The van der Waals surface area contributed by atoms with Gasteiger partial charge in [-0.3, -0.25) is 10.1 Å². The smallest absolute Gasteiger partial charge is 0.269 e. The van der Waals surface area contributed by atoms with Crippen molar-refractivity contribution >= 4 is 15.7 Å². The zero-order valence-electron chi connectivity index (χ0n) is 11.3. The van der Waals surface area contributed by atoms with Gasteiger partial charge in [0.15, 0.2) is 0 Å². The molecule has 0 aliphatic heterocycles. The molecule has 20 heavy (non-hydrogen) atoms. The molecule has 1 atom stereocenters. The average molecular weight is 302 g/mol. The van der Waals surface area contributed by atoms with E-state index in [1.807, 2.05) is 13.8 Å². The summed E-state index contributed by atoms with van der Waals surface area (Å²) in [4.78, 5) is 9.85. The molecule has 0 heterocycles. The molecule has 0 aliphatic carbocycles. The van der Waals surface area contributed by atoms with Crippen LogP contribution in [0.3, 0.4) is 0 Å². The second kappa shape index (κ2) is 6.78. The quantitative estimate of drug-likeness (QED) is 0.582. The molecule has 0 bridgehead atoms. The first-order valence-corrected chi connectivity index (χ1v) is 7.62. The van der Waals surface area contributed by atoms with Gasteiger partial charge in [-0.1, -0.05) is 13.8 Å². The average Bonchev–Trinajstić information content (AvgIpc) is 2.37. The van der Waals surface area contributed by atoms with Crippen molar-refractivity contribution < 1.29 is 18.4 Å². The number of nitro benzene ring substituents is 1. The van der Waals surface area contributed by atoms with E-state index in [1.54, 1.807) is 0 Å². The van der Waals surface area contributed by atoms with Gasteiger partial charge in [-0.05, 0) is 24.5 Å². The summed E-state index contributed by atoms with van der Waals surface area (Å²) in [5, 5.41) is 19.7. The van der Waals surface area contributed by atoms with Gasteiger partial charge < -0.3 is 5.11 Å². The number of nitro groups is 1. The lowest BCUT2D eigenvalue weighted by atomic mass is 10.1.